The smallest absolute Gasteiger partial charge is 0.220 e. The highest BCUT2D eigenvalue weighted by molar-refractivity contribution is 5.76. The summed E-state index contributed by atoms with van der Waals surface area (Å²) >= 11 is 0. The van der Waals surface area contributed by atoms with Crippen LogP contribution in [0, 0.1) is 0 Å². The molecule has 1 aliphatic heterocycles. The van der Waals surface area contributed by atoms with Crippen LogP contribution in [0.3, 0.4) is 0 Å². The van der Waals surface area contributed by atoms with E-state index in [1.165, 1.54) is 77.0 Å². The minimum absolute atomic E-state index is 0.193. The van der Waals surface area contributed by atoms with E-state index < -0.39 is 49.5 Å². The Morgan fingerprint density at radius 1 is 0.750 bits per heavy atom. The molecule has 44 heavy (non-hydrogen) atoms. The van der Waals surface area contributed by atoms with Gasteiger partial charge in [0, 0.05) is 6.42 Å². The summed E-state index contributed by atoms with van der Waals surface area (Å²) in [7, 11) is 0. The fourth-order valence-electron chi connectivity index (χ4n) is 5.34. The Kier molecular flexibility index (Phi) is 24.8. The molecule has 0 aromatic carbocycles. The number of nitrogens with one attached hydrogen (secondary N) is 1. The number of hydrogen-bond donors (Lipinski definition) is 6. The first-order chi connectivity index (χ1) is 21.3. The topological polar surface area (TPSA) is 149 Å². The average molecular weight is 628 g/mol. The number of ether oxygens (including phenoxy) is 2. The fourth-order valence-corrected chi connectivity index (χ4v) is 5.34. The van der Waals surface area contributed by atoms with Gasteiger partial charge in [-0.25, -0.2) is 0 Å². The Balaban J connectivity index is 2.51. The molecule has 1 saturated heterocycles. The molecular formula is C35H65NO8. The fraction of sp³-hybridized carbons (Fsp3) is 0.857. The highest BCUT2D eigenvalue weighted by atomic mass is 16.7. The first-order valence-corrected chi connectivity index (χ1v) is 17.6. The number of aliphatic hydroxyl groups excluding tert-OH is 5. The first-order valence-electron chi connectivity index (χ1n) is 17.6. The molecular weight excluding hydrogens is 562 g/mol. The van der Waals surface area contributed by atoms with E-state index in [2.05, 4.69) is 31.3 Å². The van der Waals surface area contributed by atoms with Crippen molar-refractivity contribution in [2.24, 2.45) is 0 Å². The summed E-state index contributed by atoms with van der Waals surface area (Å²) in [5, 5.41) is 53.6. The third-order valence-electron chi connectivity index (χ3n) is 8.28. The molecule has 0 aromatic rings. The van der Waals surface area contributed by atoms with Crippen LogP contribution in [0.15, 0.2) is 24.3 Å². The van der Waals surface area contributed by atoms with Gasteiger partial charge in [-0.15, -0.1) is 0 Å². The monoisotopic (exact) mass is 627 g/mol. The van der Waals surface area contributed by atoms with Gasteiger partial charge >= 0.3 is 0 Å². The molecule has 0 radical (unpaired) electrons. The van der Waals surface area contributed by atoms with Crippen LogP contribution in [0.4, 0.5) is 0 Å². The van der Waals surface area contributed by atoms with Crippen LogP contribution in [0.2, 0.25) is 0 Å². The molecule has 0 aromatic heterocycles. The van der Waals surface area contributed by atoms with Gasteiger partial charge < -0.3 is 40.3 Å². The Morgan fingerprint density at radius 3 is 1.91 bits per heavy atom. The van der Waals surface area contributed by atoms with E-state index in [1.807, 2.05) is 6.08 Å². The second-order valence-electron chi connectivity index (χ2n) is 12.3. The molecule has 1 rings (SSSR count). The number of aliphatic hydroxyl groups is 5. The van der Waals surface area contributed by atoms with Gasteiger partial charge in [0.2, 0.25) is 5.91 Å². The number of rotatable bonds is 27. The van der Waals surface area contributed by atoms with Crippen LogP contribution < -0.4 is 5.32 Å². The molecule has 1 fully saturated rings. The van der Waals surface area contributed by atoms with E-state index in [0.717, 1.165) is 38.5 Å². The lowest BCUT2D eigenvalue weighted by Crippen LogP contribution is -2.60. The average Bonchev–Trinajstić information content (AvgIpc) is 3.02. The molecule has 6 N–H and O–H groups in total. The van der Waals surface area contributed by atoms with Crippen molar-refractivity contribution in [1.29, 1.82) is 0 Å². The van der Waals surface area contributed by atoms with Gasteiger partial charge in [-0.2, -0.15) is 0 Å². The Hall–Kier alpha value is -1.33. The minimum Gasteiger partial charge on any atom is -0.394 e. The van der Waals surface area contributed by atoms with Crippen molar-refractivity contribution in [3.63, 3.8) is 0 Å². The molecule has 0 aliphatic carbocycles. The zero-order chi connectivity index (χ0) is 32.4. The predicted octanol–water partition coefficient (Wildman–Crippen LogP) is 5.21. The molecule has 1 aliphatic rings. The van der Waals surface area contributed by atoms with Gasteiger partial charge in [-0.1, -0.05) is 122 Å². The molecule has 1 heterocycles. The van der Waals surface area contributed by atoms with E-state index in [-0.39, 0.29) is 12.5 Å². The van der Waals surface area contributed by atoms with E-state index >= 15 is 0 Å². The maximum Gasteiger partial charge on any atom is 0.220 e. The number of hydrogen-bond acceptors (Lipinski definition) is 8. The summed E-state index contributed by atoms with van der Waals surface area (Å²) in [5.41, 5.74) is 0. The van der Waals surface area contributed by atoms with Gasteiger partial charge in [0.1, 0.15) is 24.4 Å². The molecule has 9 heteroatoms. The number of carbonyl (C=O) groups is 1. The lowest BCUT2D eigenvalue weighted by molar-refractivity contribution is -0.302. The van der Waals surface area contributed by atoms with Crippen LogP contribution >= 0.6 is 0 Å². The lowest BCUT2D eigenvalue weighted by atomic mass is 9.99. The second kappa shape index (κ2) is 26.8. The zero-order valence-corrected chi connectivity index (χ0v) is 27.7. The maximum atomic E-state index is 12.8. The van der Waals surface area contributed by atoms with E-state index in [4.69, 9.17) is 9.47 Å². The Labute approximate surface area is 267 Å². The minimum atomic E-state index is -1.57. The Morgan fingerprint density at radius 2 is 1.30 bits per heavy atom. The van der Waals surface area contributed by atoms with Crippen LogP contribution in [-0.2, 0) is 14.3 Å². The quantitative estimate of drug-likeness (QED) is 0.0537. The summed E-state index contributed by atoms with van der Waals surface area (Å²) in [6.07, 6.45) is 20.9. The number of carbonyl (C=O) groups excluding carboxylic acids is 1. The van der Waals surface area contributed by atoms with Crippen LogP contribution in [0.25, 0.3) is 0 Å². The summed E-state index contributed by atoms with van der Waals surface area (Å²) in [6.45, 7) is 3.66. The number of allylic oxidation sites excluding steroid dienone is 3. The first kappa shape index (κ1) is 40.7. The molecule has 9 nitrogen and oxygen atoms in total. The molecule has 7 atom stereocenters. The van der Waals surface area contributed by atoms with Gasteiger partial charge in [-0.05, 0) is 32.1 Å². The zero-order valence-electron chi connectivity index (χ0n) is 27.7. The van der Waals surface area contributed by atoms with Crippen molar-refractivity contribution in [2.45, 2.75) is 179 Å². The van der Waals surface area contributed by atoms with Crippen molar-refractivity contribution in [3.8, 4) is 0 Å². The summed E-state index contributed by atoms with van der Waals surface area (Å²) in [4.78, 5) is 12.8. The van der Waals surface area contributed by atoms with Crippen molar-refractivity contribution in [1.82, 2.24) is 5.32 Å². The Bertz CT molecular complexity index is 746. The normalized spacial score (nSPS) is 23.8. The molecule has 2 unspecified atom stereocenters. The summed E-state index contributed by atoms with van der Waals surface area (Å²) < 4.78 is 11.1. The van der Waals surface area contributed by atoms with Crippen molar-refractivity contribution in [3.05, 3.63) is 24.3 Å². The second-order valence-corrected chi connectivity index (χ2v) is 12.3. The lowest BCUT2D eigenvalue weighted by Gasteiger charge is -2.40. The largest absolute Gasteiger partial charge is 0.394 e. The SMILES string of the molecule is CCCCC/C=C/CC/C=C/[C@@H](O)[C@H](CO[C@@H]1O[C@H](CO)[C@@H](O)C(O)C1O)NC(=O)CCCCCCCCCCCCCC. The predicted molar refractivity (Wildman–Crippen MR) is 175 cm³/mol. The van der Waals surface area contributed by atoms with Crippen molar-refractivity contribution < 1.29 is 39.8 Å². The molecule has 1 amide bonds. The number of amides is 1. The molecule has 0 spiro atoms. The molecule has 0 bridgehead atoms. The van der Waals surface area contributed by atoms with Gasteiger partial charge in [0.25, 0.3) is 0 Å². The van der Waals surface area contributed by atoms with Crippen LogP contribution in [-0.4, -0.2) is 87.5 Å². The van der Waals surface area contributed by atoms with E-state index in [9.17, 15) is 30.3 Å². The van der Waals surface area contributed by atoms with E-state index in [0.29, 0.717) is 6.42 Å². The van der Waals surface area contributed by atoms with E-state index in [1.54, 1.807) is 6.08 Å². The van der Waals surface area contributed by atoms with Crippen molar-refractivity contribution in [2.75, 3.05) is 13.2 Å². The third-order valence-corrected chi connectivity index (χ3v) is 8.28. The van der Waals surface area contributed by atoms with Gasteiger partial charge in [0.15, 0.2) is 6.29 Å². The van der Waals surface area contributed by atoms with Crippen molar-refractivity contribution >= 4 is 5.91 Å². The highest BCUT2D eigenvalue weighted by Gasteiger charge is 2.44. The standard InChI is InChI=1S/C35H65NO8/c1-3-5-7-9-11-13-14-15-17-19-21-23-25-31(39)36-28(29(38)24-22-20-18-16-12-10-8-6-4-2)27-43-35-34(42)33(41)32(40)30(26-37)44-35/h12,16,22,24,28-30,32-35,37-38,40-42H,3-11,13-15,17-21,23,25-27H2,1-2H3,(H,36,39)/b16-12+,24-22+/t28-,29+,30+,32+,33?,34?,35+/m0/s1. The van der Waals surface area contributed by atoms with Gasteiger partial charge in [-0.3, -0.25) is 4.79 Å². The summed E-state index contributed by atoms with van der Waals surface area (Å²) in [5.74, 6) is -0.193. The summed E-state index contributed by atoms with van der Waals surface area (Å²) in [6, 6.07) is -0.812. The highest BCUT2D eigenvalue weighted by Crippen LogP contribution is 2.22. The van der Waals surface area contributed by atoms with Crippen LogP contribution in [0.1, 0.15) is 136 Å². The maximum absolute atomic E-state index is 12.8. The van der Waals surface area contributed by atoms with Crippen LogP contribution in [0.5, 0.6) is 0 Å². The number of unbranched alkanes of at least 4 members (excludes halogenated alkanes) is 15. The molecule has 0 saturated carbocycles. The molecule has 258 valence electrons. The van der Waals surface area contributed by atoms with Gasteiger partial charge in [0.05, 0.1) is 25.4 Å². The third kappa shape index (κ3) is 18.6.